The third-order valence-electron chi connectivity index (χ3n) is 8.49. The van der Waals surface area contributed by atoms with Gasteiger partial charge in [-0.2, -0.15) is 0 Å². The Bertz CT molecular complexity index is 5050. The molecule has 2 heteroatoms. The van der Waals surface area contributed by atoms with Gasteiger partial charge in [0, 0.05) is 41.7 Å². The molecule has 0 fully saturated rings. The number of anilines is 6. The Morgan fingerprint density at radius 3 is 1.61 bits per heavy atom. The van der Waals surface area contributed by atoms with Crippen LogP contribution in [0.15, 0.2) is 218 Å². The van der Waals surface area contributed by atoms with Crippen molar-refractivity contribution < 1.29 is 57.6 Å². The van der Waals surface area contributed by atoms with E-state index in [1.807, 2.05) is 0 Å². The summed E-state index contributed by atoms with van der Waals surface area (Å²) in [5.41, 5.74) is -22.8. The Morgan fingerprint density at radius 1 is 0.421 bits per heavy atom. The molecule has 9 aromatic carbocycles. The molecule has 0 saturated carbocycles. The van der Waals surface area contributed by atoms with Gasteiger partial charge in [0.1, 0.15) is 0 Å². The van der Waals surface area contributed by atoms with Crippen LogP contribution in [0.5, 0.6) is 0 Å². The Hall–Kier alpha value is -7.16. The van der Waals surface area contributed by atoms with Crippen LogP contribution in [-0.4, -0.2) is 0 Å². The number of para-hydroxylation sites is 2. The van der Waals surface area contributed by atoms with E-state index in [-0.39, 0.29) is 9.80 Å². The standard InChI is InChI=1S/C55H42N2/c1-55(2)50-24-14-15-25-52(50)57(53-38-44(31-37-51(53)55)40-18-8-4-9-19-40)54-48-23-13-12-20-42(48)30-36-49(54)43-28-34-47(35-29-43)56(45-21-10-5-11-22-45)46-32-26-41(27-33-46)39-16-6-3-7-17-39/h3-38H,1-2H3/i1D3,2D3,3D,4D,5D,6D,7D,8D,9D,10D,11D,12D,13D,14D,15D,16D,17D,18D,19D,20D,21D,22D,23D,24D,25D,26D,27D,28D,29D,30D,31D,32D,33D,34D,35D,36D,37D,38D. The zero-order chi connectivity index (χ0) is 74.7. The smallest absolute Gasteiger partial charge is 0.0652 e. The summed E-state index contributed by atoms with van der Waals surface area (Å²) in [6.45, 7) is -8.60. The van der Waals surface area contributed by atoms with Crippen LogP contribution in [0.2, 0.25) is 0 Å². The maximum Gasteiger partial charge on any atom is 0.0652 e. The lowest BCUT2D eigenvalue weighted by Crippen LogP contribution is -2.31. The van der Waals surface area contributed by atoms with E-state index in [0.29, 0.717) is 0 Å². The van der Waals surface area contributed by atoms with Crippen molar-refractivity contribution in [2.24, 2.45) is 0 Å². The van der Waals surface area contributed by atoms with Crippen LogP contribution < -0.4 is 9.80 Å². The summed E-state index contributed by atoms with van der Waals surface area (Å²) in [6.07, 6.45) is 0. The largest absolute Gasteiger partial charge is 0.311 e. The van der Waals surface area contributed by atoms with E-state index >= 15 is 0 Å². The first kappa shape index (κ1) is 11.7. The van der Waals surface area contributed by atoms with E-state index in [4.69, 9.17) is 26.0 Å². The molecule has 1 aliphatic heterocycles. The van der Waals surface area contributed by atoms with Gasteiger partial charge in [0.2, 0.25) is 0 Å². The van der Waals surface area contributed by atoms with Gasteiger partial charge in [0.05, 0.1) is 66.4 Å². The Balaban J connectivity index is 1.50. The molecule has 57 heavy (non-hydrogen) atoms. The number of rotatable bonds is 7. The second-order valence-corrected chi connectivity index (χ2v) is 11.8. The topological polar surface area (TPSA) is 6.48 Å². The Labute approximate surface area is 394 Å². The minimum absolute atomic E-state index is 0.157. The van der Waals surface area contributed by atoms with E-state index in [9.17, 15) is 31.5 Å². The first-order valence-electron chi connectivity index (χ1n) is 37.3. The molecule has 1 heterocycles. The highest BCUT2D eigenvalue weighted by Crippen LogP contribution is 2.55. The minimum Gasteiger partial charge on any atom is -0.311 e. The molecule has 0 N–H and O–H groups in total. The molecule has 1 aliphatic rings. The van der Waals surface area contributed by atoms with Crippen molar-refractivity contribution in [1.82, 2.24) is 0 Å². The summed E-state index contributed by atoms with van der Waals surface area (Å²) >= 11 is 0. The number of hydrogen-bond donors (Lipinski definition) is 0. The zero-order valence-corrected chi connectivity index (χ0v) is 28.4. The van der Waals surface area contributed by atoms with Crippen molar-refractivity contribution in [2.45, 2.75) is 19.1 Å². The van der Waals surface area contributed by atoms with Crippen LogP contribution in [0.4, 0.5) is 34.1 Å². The van der Waals surface area contributed by atoms with Crippen LogP contribution in [0.1, 0.15) is 82.4 Å². The Kier molecular flexibility index (Phi) is 2.90. The van der Waals surface area contributed by atoms with E-state index in [1.54, 1.807) is 0 Å². The van der Waals surface area contributed by atoms with Gasteiger partial charge in [-0.3, -0.25) is 0 Å². The molecule has 0 radical (unpaired) electrons. The normalized spacial score (nSPS) is 23.7. The third kappa shape index (κ3) is 6.07. The number of benzene rings is 9. The third-order valence-corrected chi connectivity index (χ3v) is 8.49. The molecule has 0 atom stereocenters. The van der Waals surface area contributed by atoms with Gasteiger partial charge in [0.15, 0.2) is 0 Å². The van der Waals surface area contributed by atoms with Crippen LogP contribution >= 0.6 is 0 Å². The molecule has 272 valence electrons. The summed E-state index contributed by atoms with van der Waals surface area (Å²) in [5, 5.41) is -2.29. The minimum atomic E-state index is -4.30. The highest BCUT2D eigenvalue weighted by molar-refractivity contribution is 6.08. The van der Waals surface area contributed by atoms with E-state index < -0.39 is 326 Å². The van der Waals surface area contributed by atoms with Crippen LogP contribution in [0.3, 0.4) is 0 Å². The number of fused-ring (bicyclic) bond motifs is 3. The summed E-state index contributed by atoms with van der Waals surface area (Å²) in [7, 11) is 0. The van der Waals surface area contributed by atoms with Crippen molar-refractivity contribution in [2.75, 3.05) is 9.80 Å². The van der Waals surface area contributed by atoms with Crippen LogP contribution in [-0.2, 0) is 5.41 Å². The second kappa shape index (κ2) is 14.2. The van der Waals surface area contributed by atoms with Gasteiger partial charge >= 0.3 is 0 Å². The lowest BCUT2D eigenvalue weighted by molar-refractivity contribution is 0.632. The summed E-state index contributed by atoms with van der Waals surface area (Å²) < 4.78 is 385. The highest BCUT2D eigenvalue weighted by atomic mass is 15.2. The monoisotopic (exact) mass is 773 g/mol. The van der Waals surface area contributed by atoms with E-state index in [0.717, 1.165) is 0 Å². The zero-order valence-electron chi connectivity index (χ0n) is 70.4. The maximum atomic E-state index is 10.2. The van der Waals surface area contributed by atoms with Crippen molar-refractivity contribution in [1.29, 1.82) is 0 Å². The molecule has 9 aromatic rings. The quantitative estimate of drug-likeness (QED) is 0.159. The van der Waals surface area contributed by atoms with Gasteiger partial charge < -0.3 is 9.80 Å². The van der Waals surface area contributed by atoms with Gasteiger partial charge in [0.25, 0.3) is 0 Å². The molecule has 2 nitrogen and oxygen atoms in total. The SMILES string of the molecule is [2H]c1c([2H])c([2H])c(-c2c([2H])c([2H])c(N(c3c([2H])c([2H])c([2H])c([2H])c3[2H])c3c([2H])c([2H])c(-c4c([2H])c([2H])c5c([2H])c([2H])c([2H])c([2H])c5c4N4c5c([2H])c([2H])c([2H])c([2H])c5C(C([2H])([2H])[2H])(C([2H])([2H])[2H])c5c([2H])c([2H])c(-c6c([2H])c([2H])c([2H])c([2H])c6[2H])c([2H])c54)c([2H])c3[2H])c([2H])c2[2H])c([2H])c1[2H]. The van der Waals surface area contributed by atoms with Gasteiger partial charge in [-0.25, -0.2) is 0 Å². The predicted octanol–water partition coefficient (Wildman–Crippen LogP) is 15.4. The molecule has 0 unspecified atom stereocenters. The fraction of sp³-hybridized carbons (Fsp3) is 0.0545. The molecule has 0 spiro atoms. The molecule has 0 saturated heterocycles. The lowest BCUT2D eigenvalue weighted by Gasteiger charge is -2.43. The molecule has 0 amide bonds. The molecule has 10 rings (SSSR count). The fourth-order valence-corrected chi connectivity index (χ4v) is 5.99. The lowest BCUT2D eigenvalue weighted by atomic mass is 9.73. The van der Waals surface area contributed by atoms with Gasteiger partial charge in [-0.05, 0) is 92.7 Å². The molecule has 0 bridgehead atoms. The first-order chi connectivity index (χ1) is 45.5. The average Bonchev–Trinajstić information content (AvgIpc) is 0.659. The van der Waals surface area contributed by atoms with Gasteiger partial charge in [-0.1, -0.05) is 183 Å². The van der Waals surface area contributed by atoms with Crippen LogP contribution in [0, 0.1) is 0 Å². The average molecular weight is 773 g/mol. The Morgan fingerprint density at radius 2 is 0.930 bits per heavy atom. The highest BCUT2D eigenvalue weighted by Gasteiger charge is 2.38. The molecule has 0 aliphatic carbocycles. The summed E-state index contributed by atoms with van der Waals surface area (Å²) in [5.74, 6) is 0. The number of hydrogen-bond acceptors (Lipinski definition) is 2. The first-order valence-corrected chi connectivity index (χ1v) is 16.3. The molecular weight excluding hydrogens is 689 g/mol. The van der Waals surface area contributed by atoms with Crippen molar-refractivity contribution in [3.05, 3.63) is 229 Å². The summed E-state index contributed by atoms with van der Waals surface area (Å²) in [4.78, 5) is 0.372. The number of nitrogens with zero attached hydrogens (tertiary/aromatic N) is 2. The maximum absolute atomic E-state index is 10.2. The van der Waals surface area contributed by atoms with Crippen LogP contribution in [0.25, 0.3) is 44.2 Å². The van der Waals surface area contributed by atoms with E-state index in [2.05, 4.69) is 0 Å². The van der Waals surface area contributed by atoms with Crippen molar-refractivity contribution in [3.8, 4) is 33.4 Å². The second-order valence-electron chi connectivity index (χ2n) is 11.8. The van der Waals surface area contributed by atoms with Crippen molar-refractivity contribution in [3.63, 3.8) is 0 Å². The van der Waals surface area contributed by atoms with Crippen molar-refractivity contribution >= 4 is 44.9 Å². The molecule has 0 aromatic heterocycles. The van der Waals surface area contributed by atoms with E-state index in [1.165, 1.54) is 0 Å². The fourth-order valence-electron chi connectivity index (χ4n) is 5.99. The molecular formula is C55H42N2. The predicted molar refractivity (Wildman–Crippen MR) is 242 cm³/mol. The van der Waals surface area contributed by atoms with Gasteiger partial charge in [-0.15, -0.1) is 0 Å². The summed E-state index contributed by atoms with van der Waals surface area (Å²) in [6, 6.07) is -47.5.